The van der Waals surface area contributed by atoms with E-state index in [1.165, 1.54) is 29.5 Å². The van der Waals surface area contributed by atoms with Crippen molar-refractivity contribution in [2.24, 2.45) is 0 Å². The summed E-state index contributed by atoms with van der Waals surface area (Å²) in [5.74, 6) is 0.553. The van der Waals surface area contributed by atoms with Crippen molar-refractivity contribution >= 4 is 56.8 Å². The number of thiazole rings is 1. The first kappa shape index (κ1) is 26.6. The van der Waals surface area contributed by atoms with Gasteiger partial charge in [-0.3, -0.25) is 24.7 Å². The Balaban J connectivity index is 0.00000342. The minimum absolute atomic E-state index is 0. The molecule has 3 aromatic rings. The quantitative estimate of drug-likeness (QED) is 0.235. The summed E-state index contributed by atoms with van der Waals surface area (Å²) in [6.45, 7) is 4.67. The van der Waals surface area contributed by atoms with Crippen LogP contribution < -0.4 is 9.64 Å². The molecule has 0 radical (unpaired) electrons. The summed E-state index contributed by atoms with van der Waals surface area (Å²) in [7, 11) is 1.62. The molecular formula is C24H27ClN4O5S. The van der Waals surface area contributed by atoms with Gasteiger partial charge in [0.25, 0.3) is 11.6 Å². The number of halogens is 1. The van der Waals surface area contributed by atoms with Crippen LogP contribution in [0.15, 0.2) is 48.5 Å². The molecule has 2 aromatic carbocycles. The summed E-state index contributed by atoms with van der Waals surface area (Å²) >= 11 is 1.45. The Bertz CT molecular complexity index is 1180. The van der Waals surface area contributed by atoms with Crippen LogP contribution in [0, 0.1) is 10.1 Å². The number of anilines is 1. The highest BCUT2D eigenvalue weighted by molar-refractivity contribution is 7.22. The average molecular weight is 519 g/mol. The van der Waals surface area contributed by atoms with E-state index in [4.69, 9.17) is 9.47 Å². The molecule has 186 valence electrons. The molecule has 0 N–H and O–H groups in total. The molecule has 2 heterocycles. The predicted molar refractivity (Wildman–Crippen MR) is 140 cm³/mol. The fourth-order valence-corrected chi connectivity index (χ4v) is 4.70. The van der Waals surface area contributed by atoms with Crippen molar-refractivity contribution in [1.29, 1.82) is 0 Å². The zero-order valence-electron chi connectivity index (χ0n) is 19.3. The number of fused-ring (bicyclic) bond motifs is 1. The SMILES string of the molecule is COc1ccc2nc(N(CCCN3CCOCC3)C(=O)C=Cc3ccc([N+](=O)[O-])cc3)sc2c1.Cl. The molecule has 11 heteroatoms. The highest BCUT2D eigenvalue weighted by Crippen LogP contribution is 2.32. The van der Waals surface area contributed by atoms with Crippen LogP contribution in [0.1, 0.15) is 12.0 Å². The molecule has 1 saturated heterocycles. The van der Waals surface area contributed by atoms with E-state index in [0.717, 1.165) is 55.2 Å². The van der Waals surface area contributed by atoms with Gasteiger partial charge >= 0.3 is 0 Å². The number of amides is 1. The third kappa shape index (κ3) is 6.98. The molecule has 0 aliphatic carbocycles. The largest absolute Gasteiger partial charge is 0.497 e. The highest BCUT2D eigenvalue weighted by atomic mass is 35.5. The lowest BCUT2D eigenvalue weighted by Crippen LogP contribution is -2.39. The number of nitrogens with zero attached hydrogens (tertiary/aromatic N) is 4. The number of carbonyl (C=O) groups excluding carboxylic acids is 1. The minimum atomic E-state index is -0.447. The molecular weight excluding hydrogens is 492 g/mol. The van der Waals surface area contributed by atoms with E-state index in [1.807, 2.05) is 18.2 Å². The Hall–Kier alpha value is -3.05. The van der Waals surface area contributed by atoms with Crippen LogP contribution in [0.5, 0.6) is 5.75 Å². The van der Waals surface area contributed by atoms with Crippen LogP contribution in [0.3, 0.4) is 0 Å². The van der Waals surface area contributed by atoms with Gasteiger partial charge in [-0.1, -0.05) is 11.3 Å². The zero-order chi connectivity index (χ0) is 23.9. The molecule has 1 fully saturated rings. The Labute approximate surface area is 213 Å². The first-order chi connectivity index (χ1) is 16.5. The first-order valence-corrected chi connectivity index (χ1v) is 11.8. The summed E-state index contributed by atoms with van der Waals surface area (Å²) < 4.78 is 11.7. The molecule has 1 aliphatic rings. The second-order valence-corrected chi connectivity index (χ2v) is 8.82. The molecule has 4 rings (SSSR count). The van der Waals surface area contributed by atoms with Crippen molar-refractivity contribution in [2.45, 2.75) is 6.42 Å². The number of hydrogen-bond donors (Lipinski definition) is 0. The Morgan fingerprint density at radius 3 is 2.69 bits per heavy atom. The number of benzene rings is 2. The smallest absolute Gasteiger partial charge is 0.269 e. The van der Waals surface area contributed by atoms with Crippen LogP contribution in [0.4, 0.5) is 10.8 Å². The van der Waals surface area contributed by atoms with Crippen molar-refractivity contribution in [1.82, 2.24) is 9.88 Å². The van der Waals surface area contributed by atoms with Crippen LogP contribution in [0.2, 0.25) is 0 Å². The van der Waals surface area contributed by atoms with Gasteiger partial charge in [-0.2, -0.15) is 0 Å². The normalized spacial score (nSPS) is 14.1. The summed E-state index contributed by atoms with van der Waals surface area (Å²) in [5, 5.41) is 11.5. The molecule has 1 aromatic heterocycles. The molecule has 35 heavy (non-hydrogen) atoms. The maximum Gasteiger partial charge on any atom is 0.269 e. The lowest BCUT2D eigenvalue weighted by molar-refractivity contribution is -0.384. The molecule has 0 atom stereocenters. The number of methoxy groups -OCH3 is 1. The van der Waals surface area contributed by atoms with E-state index in [1.54, 1.807) is 30.2 Å². The van der Waals surface area contributed by atoms with Crippen molar-refractivity contribution in [3.05, 3.63) is 64.2 Å². The third-order valence-corrected chi connectivity index (χ3v) is 6.60. The number of ether oxygens (including phenoxy) is 2. The average Bonchev–Trinajstić information content (AvgIpc) is 3.29. The lowest BCUT2D eigenvalue weighted by Gasteiger charge is -2.27. The number of nitro benzene ring substituents is 1. The maximum atomic E-state index is 13.2. The predicted octanol–water partition coefficient (Wildman–Crippen LogP) is 4.40. The Morgan fingerprint density at radius 2 is 2.00 bits per heavy atom. The van der Waals surface area contributed by atoms with Gasteiger partial charge in [0.05, 0.1) is 35.5 Å². The number of morpholine rings is 1. The van der Waals surface area contributed by atoms with Crippen molar-refractivity contribution in [3.8, 4) is 5.75 Å². The number of aromatic nitrogens is 1. The molecule has 0 spiro atoms. The minimum Gasteiger partial charge on any atom is -0.497 e. The highest BCUT2D eigenvalue weighted by Gasteiger charge is 2.19. The van der Waals surface area contributed by atoms with Gasteiger partial charge in [0, 0.05) is 44.4 Å². The second kappa shape index (κ2) is 12.6. The second-order valence-electron chi connectivity index (χ2n) is 7.81. The van der Waals surface area contributed by atoms with Gasteiger partial charge < -0.3 is 9.47 Å². The monoisotopic (exact) mass is 518 g/mol. The van der Waals surface area contributed by atoms with Crippen molar-refractivity contribution in [3.63, 3.8) is 0 Å². The summed E-state index contributed by atoms with van der Waals surface area (Å²) in [6, 6.07) is 11.7. The van der Waals surface area contributed by atoms with E-state index >= 15 is 0 Å². The molecule has 1 amide bonds. The van der Waals surface area contributed by atoms with Crippen LogP contribution in [-0.4, -0.2) is 67.2 Å². The summed E-state index contributed by atoms with van der Waals surface area (Å²) in [6.07, 6.45) is 3.95. The van der Waals surface area contributed by atoms with Gasteiger partial charge in [0.1, 0.15) is 5.75 Å². The van der Waals surface area contributed by atoms with E-state index in [0.29, 0.717) is 17.2 Å². The lowest BCUT2D eigenvalue weighted by atomic mass is 10.2. The van der Waals surface area contributed by atoms with Crippen molar-refractivity contribution in [2.75, 3.05) is 51.4 Å². The van der Waals surface area contributed by atoms with Crippen LogP contribution in [-0.2, 0) is 9.53 Å². The standard InChI is InChI=1S/C24H26N4O5S.ClH/c1-32-20-8-9-21-22(17-20)34-24(25-21)27(12-2-11-26-13-15-33-16-14-26)23(29)10-5-18-3-6-19(7-4-18)28(30)31;/h3-10,17H,2,11-16H2,1H3;1H. The van der Waals surface area contributed by atoms with Gasteiger partial charge in [-0.05, 0) is 48.4 Å². The van der Waals surface area contributed by atoms with Gasteiger partial charge in [0.15, 0.2) is 5.13 Å². The number of rotatable bonds is 9. The number of nitro groups is 1. The number of carbonyl (C=O) groups is 1. The van der Waals surface area contributed by atoms with E-state index in [9.17, 15) is 14.9 Å². The first-order valence-electron chi connectivity index (χ1n) is 11.0. The van der Waals surface area contributed by atoms with E-state index in [-0.39, 0.29) is 24.0 Å². The van der Waals surface area contributed by atoms with Crippen molar-refractivity contribution < 1.29 is 19.2 Å². The van der Waals surface area contributed by atoms with Gasteiger partial charge in [0.2, 0.25) is 0 Å². The summed E-state index contributed by atoms with van der Waals surface area (Å²) in [4.78, 5) is 32.3. The van der Waals surface area contributed by atoms with E-state index < -0.39 is 4.92 Å². The fourth-order valence-electron chi connectivity index (χ4n) is 3.68. The number of non-ortho nitro benzene ring substituents is 1. The maximum absolute atomic E-state index is 13.2. The fraction of sp³-hybridized carbons (Fsp3) is 0.333. The topological polar surface area (TPSA) is 98.0 Å². The molecule has 1 aliphatic heterocycles. The molecule has 0 unspecified atom stereocenters. The van der Waals surface area contributed by atoms with Gasteiger partial charge in [-0.25, -0.2) is 4.98 Å². The zero-order valence-corrected chi connectivity index (χ0v) is 20.9. The molecule has 9 nitrogen and oxygen atoms in total. The molecule has 0 saturated carbocycles. The van der Waals surface area contributed by atoms with Crippen LogP contribution in [0.25, 0.3) is 16.3 Å². The number of hydrogen-bond acceptors (Lipinski definition) is 8. The van der Waals surface area contributed by atoms with Gasteiger partial charge in [-0.15, -0.1) is 12.4 Å². The Morgan fingerprint density at radius 1 is 1.26 bits per heavy atom. The Kier molecular flexibility index (Phi) is 9.55. The molecule has 0 bridgehead atoms. The summed E-state index contributed by atoms with van der Waals surface area (Å²) in [5.41, 5.74) is 1.53. The van der Waals surface area contributed by atoms with Crippen LogP contribution >= 0.6 is 23.7 Å². The van der Waals surface area contributed by atoms with E-state index in [2.05, 4.69) is 9.88 Å². The third-order valence-electron chi connectivity index (χ3n) is 5.56.